The zero-order valence-electron chi connectivity index (χ0n) is 25.9. The van der Waals surface area contributed by atoms with Gasteiger partial charge in [0.1, 0.15) is 0 Å². The maximum atomic E-state index is 7.02. The molecule has 5 atom stereocenters. The van der Waals surface area contributed by atoms with Gasteiger partial charge in [-0.15, -0.1) is 18.2 Å². The number of halogens is 1. The van der Waals surface area contributed by atoms with Crippen molar-refractivity contribution < 1.29 is 8.85 Å². The highest BCUT2D eigenvalue weighted by Gasteiger charge is 2.48. The predicted octanol–water partition coefficient (Wildman–Crippen LogP) is 11.0. The van der Waals surface area contributed by atoms with E-state index in [0.717, 1.165) is 19.3 Å². The molecular formula is C32H57ClO2Si2. The summed E-state index contributed by atoms with van der Waals surface area (Å²) in [6.45, 7) is 29.7. The molecule has 0 amide bonds. The Morgan fingerprint density at radius 2 is 1.54 bits per heavy atom. The van der Waals surface area contributed by atoms with Crippen LogP contribution < -0.4 is 0 Å². The van der Waals surface area contributed by atoms with Gasteiger partial charge in [0.2, 0.25) is 0 Å². The van der Waals surface area contributed by atoms with E-state index in [2.05, 4.69) is 105 Å². The SMILES string of the molecule is C=CC[C@@H]1C(c2ccc(C(CCCCC)O[Si](C)(C)C(C)(C)C)cc2)[C@@H](O[Si](C)(C)C(C)(C)C)C[C@H]1Cl. The van der Waals surface area contributed by atoms with Gasteiger partial charge in [-0.25, -0.2) is 0 Å². The lowest BCUT2D eigenvalue weighted by atomic mass is 9.85. The summed E-state index contributed by atoms with van der Waals surface area (Å²) in [5, 5.41) is 0.481. The first-order valence-corrected chi connectivity index (χ1v) is 20.9. The van der Waals surface area contributed by atoms with Crippen molar-refractivity contribution in [3.63, 3.8) is 0 Å². The van der Waals surface area contributed by atoms with Crippen molar-refractivity contribution in [2.45, 2.75) is 147 Å². The van der Waals surface area contributed by atoms with Crippen LogP contribution in [0.15, 0.2) is 36.9 Å². The van der Waals surface area contributed by atoms with E-state index in [-0.39, 0.29) is 27.7 Å². The third-order valence-electron chi connectivity index (χ3n) is 9.48. The summed E-state index contributed by atoms with van der Waals surface area (Å²) in [6, 6.07) is 9.34. The topological polar surface area (TPSA) is 18.5 Å². The van der Waals surface area contributed by atoms with Crippen LogP contribution in [-0.4, -0.2) is 28.1 Å². The fraction of sp³-hybridized carbons (Fsp3) is 0.750. The fourth-order valence-corrected chi connectivity index (χ4v) is 8.12. The van der Waals surface area contributed by atoms with E-state index in [1.807, 2.05) is 6.08 Å². The average molecular weight is 565 g/mol. The van der Waals surface area contributed by atoms with Crippen molar-refractivity contribution in [2.24, 2.45) is 5.92 Å². The molecule has 212 valence electrons. The van der Waals surface area contributed by atoms with Gasteiger partial charge in [0.15, 0.2) is 16.6 Å². The molecule has 0 N–H and O–H groups in total. The third-order valence-corrected chi connectivity index (χ3v) is 19.0. The number of hydrogen-bond acceptors (Lipinski definition) is 2. The maximum Gasteiger partial charge on any atom is 0.192 e. The summed E-state index contributed by atoms with van der Waals surface area (Å²) in [5.74, 6) is 0.646. The van der Waals surface area contributed by atoms with Crippen LogP contribution in [0.3, 0.4) is 0 Å². The molecule has 0 bridgehead atoms. The zero-order valence-corrected chi connectivity index (χ0v) is 28.7. The van der Waals surface area contributed by atoms with E-state index in [4.69, 9.17) is 20.5 Å². The highest BCUT2D eigenvalue weighted by molar-refractivity contribution is 6.74. The molecule has 0 radical (unpaired) electrons. The van der Waals surface area contributed by atoms with E-state index >= 15 is 0 Å². The molecule has 0 aromatic heterocycles. The number of benzene rings is 1. The molecule has 0 saturated heterocycles. The van der Waals surface area contributed by atoms with Gasteiger partial charge in [-0.3, -0.25) is 0 Å². The van der Waals surface area contributed by atoms with Crippen molar-refractivity contribution in [3.8, 4) is 0 Å². The molecule has 1 aromatic carbocycles. The highest BCUT2D eigenvalue weighted by atomic mass is 35.5. The second-order valence-corrected chi connectivity index (χ2v) is 24.5. The molecule has 1 aromatic rings. The Balaban J connectivity index is 2.38. The minimum Gasteiger partial charge on any atom is -0.413 e. The number of allylic oxidation sites excluding steroid dienone is 1. The smallest absolute Gasteiger partial charge is 0.192 e. The molecule has 0 heterocycles. The first kappa shape index (κ1) is 32.8. The van der Waals surface area contributed by atoms with Crippen molar-refractivity contribution >= 4 is 28.2 Å². The first-order valence-electron chi connectivity index (χ1n) is 14.7. The van der Waals surface area contributed by atoms with E-state index in [1.165, 1.54) is 30.4 Å². The highest BCUT2D eigenvalue weighted by Crippen LogP contribution is 2.49. The average Bonchev–Trinajstić information content (AvgIpc) is 3.06. The van der Waals surface area contributed by atoms with Crippen molar-refractivity contribution in [1.29, 1.82) is 0 Å². The molecule has 37 heavy (non-hydrogen) atoms. The van der Waals surface area contributed by atoms with E-state index < -0.39 is 16.6 Å². The lowest BCUT2D eigenvalue weighted by Crippen LogP contribution is -2.44. The number of alkyl halides is 1. The summed E-state index contributed by atoms with van der Waals surface area (Å²) in [5.41, 5.74) is 2.66. The Hall–Kier alpha value is -0.396. The quantitative estimate of drug-likeness (QED) is 0.109. The van der Waals surface area contributed by atoms with E-state index in [1.54, 1.807) is 0 Å². The van der Waals surface area contributed by atoms with Crippen molar-refractivity contribution in [3.05, 3.63) is 48.0 Å². The normalized spacial score (nSPS) is 24.3. The third kappa shape index (κ3) is 8.30. The van der Waals surface area contributed by atoms with Crippen LogP contribution >= 0.6 is 11.6 Å². The second kappa shape index (κ2) is 12.8. The minimum atomic E-state index is -1.92. The predicted molar refractivity (Wildman–Crippen MR) is 169 cm³/mol. The summed E-state index contributed by atoms with van der Waals surface area (Å²) < 4.78 is 14.0. The van der Waals surface area contributed by atoms with Gasteiger partial charge in [0, 0.05) is 11.3 Å². The molecule has 1 saturated carbocycles. The molecule has 0 aliphatic heterocycles. The molecule has 2 nitrogen and oxygen atoms in total. The maximum absolute atomic E-state index is 7.02. The number of unbranched alkanes of at least 4 members (excludes halogenated alkanes) is 2. The zero-order chi connectivity index (χ0) is 28.2. The largest absolute Gasteiger partial charge is 0.413 e. The Kier molecular flexibility index (Phi) is 11.4. The van der Waals surface area contributed by atoms with Crippen LogP contribution in [0.4, 0.5) is 0 Å². The minimum absolute atomic E-state index is 0.112. The summed E-state index contributed by atoms with van der Waals surface area (Å²) in [6.07, 6.45) is 8.96. The van der Waals surface area contributed by atoms with Gasteiger partial charge in [0.25, 0.3) is 0 Å². The molecule has 5 heteroatoms. The van der Waals surface area contributed by atoms with Gasteiger partial charge in [-0.2, -0.15) is 0 Å². The molecule has 2 unspecified atom stereocenters. The molecule has 1 aliphatic rings. The molecule has 0 spiro atoms. The van der Waals surface area contributed by atoms with Crippen LogP contribution in [0.1, 0.15) is 110 Å². The number of hydrogen-bond donors (Lipinski definition) is 0. The van der Waals surface area contributed by atoms with E-state index in [9.17, 15) is 0 Å². The summed E-state index contributed by atoms with van der Waals surface area (Å²) in [4.78, 5) is 0. The second-order valence-electron chi connectivity index (χ2n) is 14.4. The Morgan fingerprint density at radius 3 is 2.03 bits per heavy atom. The molecule has 1 fully saturated rings. The lowest BCUT2D eigenvalue weighted by Gasteiger charge is -2.40. The first-order chi connectivity index (χ1) is 16.9. The lowest BCUT2D eigenvalue weighted by molar-refractivity contribution is 0.161. The Labute approximate surface area is 237 Å². The van der Waals surface area contributed by atoms with Gasteiger partial charge >= 0.3 is 0 Å². The van der Waals surface area contributed by atoms with E-state index in [0.29, 0.717) is 11.8 Å². The number of rotatable bonds is 12. The molecule has 1 aliphatic carbocycles. The monoisotopic (exact) mass is 564 g/mol. The Morgan fingerprint density at radius 1 is 0.973 bits per heavy atom. The summed E-state index contributed by atoms with van der Waals surface area (Å²) in [7, 11) is -3.80. The summed E-state index contributed by atoms with van der Waals surface area (Å²) >= 11 is 6.98. The van der Waals surface area contributed by atoms with Gasteiger partial charge in [-0.05, 0) is 72.6 Å². The van der Waals surface area contributed by atoms with Gasteiger partial charge in [0.05, 0.1) is 12.2 Å². The standard InChI is InChI=1S/C32H57ClO2Si2/c1-13-15-16-18-28(34-36(9,10)31(3,4)5)24-19-21-25(22-20-24)30-26(17-14-2)27(33)23-29(30)35-37(11,12)32(6,7)8/h14,19-22,26-30H,2,13,15-18,23H2,1,3-12H3/t26-,27+,28?,29-,30?/m0/s1. The van der Waals surface area contributed by atoms with Crippen molar-refractivity contribution in [2.75, 3.05) is 0 Å². The van der Waals surface area contributed by atoms with Crippen LogP contribution in [0, 0.1) is 5.92 Å². The molecular weight excluding hydrogens is 508 g/mol. The molecule has 2 rings (SSSR count). The van der Waals surface area contributed by atoms with Crippen LogP contribution in [0.2, 0.25) is 36.3 Å². The van der Waals surface area contributed by atoms with Crippen molar-refractivity contribution in [1.82, 2.24) is 0 Å². The van der Waals surface area contributed by atoms with Crippen LogP contribution in [0.5, 0.6) is 0 Å². The van der Waals surface area contributed by atoms with Crippen LogP contribution in [0.25, 0.3) is 0 Å². The Bertz CT molecular complexity index is 851. The fourth-order valence-electron chi connectivity index (χ4n) is 5.01. The van der Waals surface area contributed by atoms with Crippen LogP contribution in [-0.2, 0) is 8.85 Å². The van der Waals surface area contributed by atoms with Gasteiger partial charge in [-0.1, -0.05) is 98.1 Å². The van der Waals surface area contributed by atoms with Gasteiger partial charge < -0.3 is 8.85 Å².